The van der Waals surface area contributed by atoms with Gasteiger partial charge in [-0.15, -0.1) is 0 Å². The molecule has 1 aromatic rings. The maximum absolute atomic E-state index is 10.5. The van der Waals surface area contributed by atoms with Gasteiger partial charge < -0.3 is 15.5 Å². The number of nitrogens with one attached hydrogen (secondary N) is 1. The minimum Gasteiger partial charge on any atom is -0.450 e. The first-order chi connectivity index (χ1) is 7.74. The summed E-state index contributed by atoms with van der Waals surface area (Å²) in [5, 5.41) is 0. The Kier molecular flexibility index (Phi) is 5.39. The topological polar surface area (TPSA) is 81.0 Å². The second-order valence-corrected chi connectivity index (χ2v) is 3.80. The number of primary amides is 1. The SMILES string of the molecule is CCCCC(CCOC(N)=O)c1cnc[nH]1. The van der Waals surface area contributed by atoms with Crippen LogP contribution in [0, 0.1) is 0 Å². The van der Waals surface area contributed by atoms with Crippen molar-refractivity contribution in [3.05, 3.63) is 18.2 Å². The normalized spacial score (nSPS) is 12.3. The highest BCUT2D eigenvalue weighted by molar-refractivity contribution is 5.64. The molecule has 0 aromatic carbocycles. The number of hydrogen-bond donors (Lipinski definition) is 2. The average molecular weight is 225 g/mol. The van der Waals surface area contributed by atoms with Crippen LogP contribution in [0.3, 0.4) is 0 Å². The Labute approximate surface area is 95.4 Å². The van der Waals surface area contributed by atoms with Gasteiger partial charge in [-0.2, -0.15) is 0 Å². The number of hydrogen-bond acceptors (Lipinski definition) is 3. The first-order valence-electron chi connectivity index (χ1n) is 5.64. The largest absolute Gasteiger partial charge is 0.450 e. The van der Waals surface area contributed by atoms with E-state index in [9.17, 15) is 4.79 Å². The van der Waals surface area contributed by atoms with Crippen LogP contribution in [0.25, 0.3) is 0 Å². The van der Waals surface area contributed by atoms with Crippen LogP contribution >= 0.6 is 0 Å². The van der Waals surface area contributed by atoms with Gasteiger partial charge in [0.1, 0.15) is 0 Å². The van der Waals surface area contributed by atoms with E-state index in [0.717, 1.165) is 31.4 Å². The van der Waals surface area contributed by atoms with Crippen molar-refractivity contribution in [2.75, 3.05) is 6.61 Å². The summed E-state index contributed by atoms with van der Waals surface area (Å²) in [5.41, 5.74) is 6.01. The Morgan fingerprint density at radius 3 is 3.00 bits per heavy atom. The van der Waals surface area contributed by atoms with Crippen LogP contribution in [0.4, 0.5) is 4.79 Å². The molecule has 1 heterocycles. The Morgan fingerprint density at radius 1 is 1.62 bits per heavy atom. The zero-order valence-corrected chi connectivity index (χ0v) is 9.61. The number of unbranched alkanes of at least 4 members (excludes halogenated alkanes) is 1. The molecular formula is C11H19N3O2. The molecule has 16 heavy (non-hydrogen) atoms. The minimum atomic E-state index is -0.709. The van der Waals surface area contributed by atoms with Crippen molar-refractivity contribution in [3.8, 4) is 0 Å². The van der Waals surface area contributed by atoms with Crippen LogP contribution in [-0.4, -0.2) is 22.7 Å². The van der Waals surface area contributed by atoms with E-state index < -0.39 is 6.09 Å². The molecule has 0 bridgehead atoms. The molecule has 5 nitrogen and oxygen atoms in total. The van der Waals surface area contributed by atoms with Crippen molar-refractivity contribution in [3.63, 3.8) is 0 Å². The van der Waals surface area contributed by atoms with Crippen LogP contribution in [0.2, 0.25) is 0 Å². The first kappa shape index (κ1) is 12.5. The minimum absolute atomic E-state index is 0.363. The van der Waals surface area contributed by atoms with E-state index in [2.05, 4.69) is 16.9 Å². The summed E-state index contributed by atoms with van der Waals surface area (Å²) in [6, 6.07) is 0. The van der Waals surface area contributed by atoms with Crippen LogP contribution in [-0.2, 0) is 4.74 Å². The maximum atomic E-state index is 10.5. The van der Waals surface area contributed by atoms with Crippen LogP contribution in [0.15, 0.2) is 12.5 Å². The van der Waals surface area contributed by atoms with Gasteiger partial charge >= 0.3 is 6.09 Å². The Bertz CT molecular complexity index is 298. The van der Waals surface area contributed by atoms with Crippen LogP contribution in [0.5, 0.6) is 0 Å². The molecule has 0 aliphatic heterocycles. The molecule has 1 amide bonds. The fraction of sp³-hybridized carbons (Fsp3) is 0.636. The predicted molar refractivity (Wildman–Crippen MR) is 61.0 cm³/mol. The number of nitrogens with two attached hydrogens (primary N) is 1. The second-order valence-electron chi connectivity index (χ2n) is 3.80. The van der Waals surface area contributed by atoms with Gasteiger partial charge in [-0.1, -0.05) is 19.8 Å². The van der Waals surface area contributed by atoms with E-state index in [0.29, 0.717) is 12.5 Å². The molecule has 0 saturated heterocycles. The van der Waals surface area contributed by atoms with Gasteiger partial charge in [0.15, 0.2) is 0 Å². The number of carbonyl (C=O) groups excluding carboxylic acids is 1. The number of carbonyl (C=O) groups is 1. The summed E-state index contributed by atoms with van der Waals surface area (Å²) in [6.07, 6.45) is 6.94. The molecule has 90 valence electrons. The Balaban J connectivity index is 2.41. The molecule has 1 rings (SSSR count). The molecule has 3 N–H and O–H groups in total. The highest BCUT2D eigenvalue weighted by atomic mass is 16.5. The lowest BCUT2D eigenvalue weighted by molar-refractivity contribution is 0.152. The smallest absolute Gasteiger partial charge is 0.404 e. The van der Waals surface area contributed by atoms with E-state index in [1.165, 1.54) is 0 Å². The molecular weight excluding hydrogens is 206 g/mol. The summed E-state index contributed by atoms with van der Waals surface area (Å²) < 4.78 is 4.75. The predicted octanol–water partition coefficient (Wildman–Crippen LogP) is 2.17. The van der Waals surface area contributed by atoms with Crippen molar-refractivity contribution in [1.29, 1.82) is 0 Å². The quantitative estimate of drug-likeness (QED) is 0.746. The molecule has 0 fully saturated rings. The number of aromatic nitrogens is 2. The zero-order valence-electron chi connectivity index (χ0n) is 9.61. The van der Waals surface area contributed by atoms with E-state index in [-0.39, 0.29) is 0 Å². The molecule has 0 aliphatic carbocycles. The summed E-state index contributed by atoms with van der Waals surface area (Å²) in [7, 11) is 0. The lowest BCUT2D eigenvalue weighted by atomic mass is 9.96. The highest BCUT2D eigenvalue weighted by Crippen LogP contribution is 2.23. The number of amides is 1. The third kappa shape index (κ3) is 4.33. The van der Waals surface area contributed by atoms with Crippen molar-refractivity contribution in [2.45, 2.75) is 38.5 Å². The summed E-state index contributed by atoms with van der Waals surface area (Å²) in [4.78, 5) is 17.6. The Morgan fingerprint density at radius 2 is 2.44 bits per heavy atom. The van der Waals surface area contributed by atoms with Gasteiger partial charge in [0.05, 0.1) is 12.9 Å². The van der Waals surface area contributed by atoms with E-state index in [1.54, 1.807) is 6.33 Å². The molecule has 1 unspecified atom stereocenters. The molecule has 0 aliphatic rings. The molecule has 0 spiro atoms. The molecule has 1 atom stereocenters. The van der Waals surface area contributed by atoms with E-state index in [1.807, 2.05) is 6.20 Å². The number of rotatable bonds is 7. The van der Waals surface area contributed by atoms with Crippen molar-refractivity contribution >= 4 is 6.09 Å². The summed E-state index contributed by atoms with van der Waals surface area (Å²) in [6.45, 7) is 2.52. The first-order valence-corrected chi connectivity index (χ1v) is 5.64. The Hall–Kier alpha value is -1.52. The molecule has 5 heteroatoms. The molecule has 1 aromatic heterocycles. The highest BCUT2D eigenvalue weighted by Gasteiger charge is 2.12. The van der Waals surface area contributed by atoms with Gasteiger partial charge in [0.2, 0.25) is 0 Å². The number of ether oxygens (including phenoxy) is 1. The van der Waals surface area contributed by atoms with Crippen LogP contribution in [0.1, 0.15) is 44.2 Å². The summed E-state index contributed by atoms with van der Waals surface area (Å²) >= 11 is 0. The molecule has 0 radical (unpaired) electrons. The number of aromatic amines is 1. The van der Waals surface area contributed by atoms with Gasteiger partial charge in [-0.25, -0.2) is 9.78 Å². The zero-order chi connectivity index (χ0) is 11.8. The van der Waals surface area contributed by atoms with Crippen molar-refractivity contribution in [2.24, 2.45) is 5.73 Å². The third-order valence-electron chi connectivity index (χ3n) is 2.58. The third-order valence-corrected chi connectivity index (χ3v) is 2.58. The fourth-order valence-electron chi connectivity index (χ4n) is 1.70. The lowest BCUT2D eigenvalue weighted by Crippen LogP contribution is -2.15. The van der Waals surface area contributed by atoms with Crippen molar-refractivity contribution in [1.82, 2.24) is 9.97 Å². The van der Waals surface area contributed by atoms with Gasteiger partial charge in [-0.3, -0.25) is 0 Å². The number of nitrogens with zero attached hydrogens (tertiary/aromatic N) is 1. The number of imidazole rings is 1. The second kappa shape index (κ2) is 6.87. The average Bonchev–Trinajstić information content (AvgIpc) is 2.75. The monoisotopic (exact) mass is 225 g/mol. The summed E-state index contributed by atoms with van der Waals surface area (Å²) in [5.74, 6) is 0.363. The number of H-pyrrole nitrogens is 1. The molecule has 0 saturated carbocycles. The fourth-order valence-corrected chi connectivity index (χ4v) is 1.70. The van der Waals surface area contributed by atoms with Crippen molar-refractivity contribution < 1.29 is 9.53 Å². The standard InChI is InChI=1S/C11H19N3O2/c1-2-3-4-9(5-6-16-11(12)15)10-7-13-8-14-10/h7-9H,2-6H2,1H3,(H2,12,15)(H,13,14). The van der Waals surface area contributed by atoms with E-state index in [4.69, 9.17) is 10.5 Å². The van der Waals surface area contributed by atoms with Crippen LogP contribution < -0.4 is 5.73 Å². The maximum Gasteiger partial charge on any atom is 0.404 e. The van der Waals surface area contributed by atoms with E-state index >= 15 is 0 Å². The lowest BCUT2D eigenvalue weighted by Gasteiger charge is -2.14. The van der Waals surface area contributed by atoms with Gasteiger partial charge in [0.25, 0.3) is 0 Å². The van der Waals surface area contributed by atoms with Gasteiger partial charge in [-0.05, 0) is 12.8 Å². The van der Waals surface area contributed by atoms with Gasteiger partial charge in [0, 0.05) is 17.8 Å².